The number of hydrogen-bond donors (Lipinski definition) is 1. The Morgan fingerprint density at radius 3 is 2.50 bits per heavy atom. The third-order valence-electron chi connectivity index (χ3n) is 1.07. The third kappa shape index (κ3) is 6.44. The molecule has 2 N–H and O–H groups in total. The van der Waals surface area contributed by atoms with Gasteiger partial charge in [-0.15, -0.1) is 0 Å². The maximum absolute atomic E-state index is 11.0. The highest BCUT2D eigenvalue weighted by Gasteiger charge is 2.07. The van der Waals surface area contributed by atoms with Crippen LogP contribution < -0.4 is 5.73 Å². The summed E-state index contributed by atoms with van der Waals surface area (Å²) < 4.78 is 29.9. The van der Waals surface area contributed by atoms with E-state index in [2.05, 4.69) is 8.92 Å². The van der Waals surface area contributed by atoms with Gasteiger partial charge >= 0.3 is 16.1 Å². The van der Waals surface area contributed by atoms with Gasteiger partial charge in [-0.1, -0.05) is 0 Å². The van der Waals surface area contributed by atoms with Gasteiger partial charge in [0.1, 0.15) is 12.9 Å². The topological polar surface area (TPSA) is 95.7 Å². The van der Waals surface area contributed by atoms with E-state index in [4.69, 9.17) is 5.73 Å². The van der Waals surface area contributed by atoms with Crippen LogP contribution in [0.15, 0.2) is 11.8 Å². The first-order chi connectivity index (χ1) is 6.37. The molecule has 0 aromatic rings. The first kappa shape index (κ1) is 12.9. The fourth-order valence-corrected chi connectivity index (χ4v) is 0.792. The molecule has 0 atom stereocenters. The minimum Gasteiger partial charge on any atom is -0.461 e. The largest absolute Gasteiger partial charge is 0.461 e. The molecule has 0 rings (SSSR count). The molecule has 0 unspecified atom stereocenters. The van der Waals surface area contributed by atoms with Crippen LogP contribution >= 0.6 is 0 Å². The predicted octanol–water partition coefficient (Wildman–Crippen LogP) is -0.632. The zero-order chi connectivity index (χ0) is 11.2. The highest BCUT2D eigenvalue weighted by molar-refractivity contribution is 7.86. The lowest BCUT2D eigenvalue weighted by molar-refractivity contribution is -0.138. The van der Waals surface area contributed by atoms with Crippen LogP contribution in [-0.4, -0.2) is 33.8 Å². The van der Waals surface area contributed by atoms with Crippen molar-refractivity contribution in [2.24, 2.45) is 5.73 Å². The van der Waals surface area contributed by atoms with Crippen molar-refractivity contribution in [3.05, 3.63) is 11.8 Å². The normalized spacial score (nSPS) is 12.4. The Morgan fingerprint density at radius 2 is 2.07 bits per heavy atom. The van der Waals surface area contributed by atoms with E-state index < -0.39 is 16.1 Å². The molecule has 0 heterocycles. The fourth-order valence-electron chi connectivity index (χ4n) is 0.473. The van der Waals surface area contributed by atoms with Crippen molar-refractivity contribution in [1.29, 1.82) is 0 Å². The number of nitrogens with two attached hydrogens (primary N) is 1. The lowest BCUT2D eigenvalue weighted by Crippen LogP contribution is -2.14. The summed E-state index contributed by atoms with van der Waals surface area (Å²) in [4.78, 5) is 11.0. The van der Waals surface area contributed by atoms with Gasteiger partial charge in [-0.2, -0.15) is 8.42 Å². The molecule has 0 spiro atoms. The quantitative estimate of drug-likeness (QED) is 0.288. The Hall–Kier alpha value is -1.08. The van der Waals surface area contributed by atoms with Gasteiger partial charge in [0.25, 0.3) is 0 Å². The lowest BCUT2D eigenvalue weighted by Gasteiger charge is -2.02. The number of esters is 1. The Bertz CT molecular complexity index is 319. The number of carbonyl (C=O) groups excluding carboxylic acids is 1. The van der Waals surface area contributed by atoms with Crippen LogP contribution in [0.25, 0.3) is 0 Å². The second-order valence-electron chi connectivity index (χ2n) is 2.53. The van der Waals surface area contributed by atoms with Crippen molar-refractivity contribution in [3.8, 4) is 0 Å². The minimum absolute atomic E-state index is 0.0591. The van der Waals surface area contributed by atoms with Crippen LogP contribution in [-0.2, 0) is 23.8 Å². The SMILES string of the molecule is CC(=COS(C)(=O)=O)C(=O)OCCN. The fraction of sp³-hybridized carbons (Fsp3) is 0.571. The zero-order valence-electron chi connectivity index (χ0n) is 8.02. The third-order valence-corrected chi connectivity index (χ3v) is 1.52. The summed E-state index contributed by atoms with van der Waals surface area (Å²) in [5, 5.41) is 0. The van der Waals surface area contributed by atoms with Gasteiger partial charge in [0, 0.05) is 6.54 Å². The molecule has 0 aliphatic carbocycles. The van der Waals surface area contributed by atoms with E-state index in [0.29, 0.717) is 0 Å². The van der Waals surface area contributed by atoms with E-state index in [0.717, 1.165) is 12.5 Å². The standard InChI is InChI=1S/C7H13NO5S/c1-6(5-13-14(2,10)11)7(9)12-4-3-8/h5H,3-4,8H2,1-2H3. The number of ether oxygens (including phenoxy) is 1. The van der Waals surface area contributed by atoms with Gasteiger partial charge in [0.05, 0.1) is 11.8 Å². The van der Waals surface area contributed by atoms with E-state index in [1.54, 1.807) is 0 Å². The van der Waals surface area contributed by atoms with Gasteiger partial charge in [0.2, 0.25) is 0 Å². The molecule has 0 fully saturated rings. The molecule has 82 valence electrons. The zero-order valence-corrected chi connectivity index (χ0v) is 8.83. The van der Waals surface area contributed by atoms with Crippen LogP contribution in [0.1, 0.15) is 6.92 Å². The highest BCUT2D eigenvalue weighted by Crippen LogP contribution is 1.99. The monoisotopic (exact) mass is 223 g/mol. The first-order valence-corrected chi connectivity index (χ1v) is 5.60. The molecule has 14 heavy (non-hydrogen) atoms. The smallest absolute Gasteiger partial charge is 0.336 e. The average Bonchev–Trinajstić information content (AvgIpc) is 2.09. The molecule has 0 saturated heterocycles. The second-order valence-corrected chi connectivity index (χ2v) is 4.13. The number of hydrogen-bond acceptors (Lipinski definition) is 6. The Balaban J connectivity index is 4.18. The van der Waals surface area contributed by atoms with Crippen molar-refractivity contribution < 1.29 is 22.1 Å². The molecule has 0 aromatic carbocycles. The van der Waals surface area contributed by atoms with E-state index in [-0.39, 0.29) is 18.7 Å². The number of rotatable bonds is 5. The van der Waals surface area contributed by atoms with Gasteiger partial charge < -0.3 is 14.7 Å². The van der Waals surface area contributed by atoms with Crippen LogP contribution in [0, 0.1) is 0 Å². The molecule has 0 aliphatic rings. The van der Waals surface area contributed by atoms with E-state index in [1.807, 2.05) is 0 Å². The predicted molar refractivity (Wildman–Crippen MR) is 49.7 cm³/mol. The van der Waals surface area contributed by atoms with E-state index in [1.165, 1.54) is 6.92 Å². The van der Waals surface area contributed by atoms with Crippen molar-refractivity contribution >= 4 is 16.1 Å². The van der Waals surface area contributed by atoms with Crippen molar-refractivity contribution in [2.75, 3.05) is 19.4 Å². The summed E-state index contributed by atoms with van der Waals surface area (Å²) in [5.74, 6) is -0.654. The van der Waals surface area contributed by atoms with E-state index in [9.17, 15) is 13.2 Å². The van der Waals surface area contributed by atoms with Crippen molar-refractivity contribution in [2.45, 2.75) is 6.92 Å². The van der Waals surface area contributed by atoms with Gasteiger partial charge in [-0.05, 0) is 6.92 Å². The molecule has 0 saturated carbocycles. The summed E-state index contributed by atoms with van der Waals surface area (Å²) >= 11 is 0. The van der Waals surface area contributed by atoms with Crippen LogP contribution in [0.5, 0.6) is 0 Å². The Morgan fingerprint density at radius 1 is 1.50 bits per heavy atom. The van der Waals surface area contributed by atoms with Gasteiger partial charge in [-0.25, -0.2) is 4.79 Å². The Kier molecular flexibility index (Phi) is 5.18. The molecule has 0 bridgehead atoms. The Labute approximate surface area is 82.8 Å². The maximum Gasteiger partial charge on any atom is 0.336 e. The summed E-state index contributed by atoms with van der Waals surface area (Å²) in [7, 11) is -3.58. The molecule has 0 radical (unpaired) electrons. The van der Waals surface area contributed by atoms with Crippen molar-refractivity contribution in [1.82, 2.24) is 0 Å². The molecule has 6 nitrogen and oxygen atoms in total. The second kappa shape index (κ2) is 5.61. The van der Waals surface area contributed by atoms with Gasteiger partial charge in [0.15, 0.2) is 0 Å². The summed E-state index contributed by atoms with van der Waals surface area (Å²) in [5.41, 5.74) is 5.16. The summed E-state index contributed by atoms with van der Waals surface area (Å²) in [6.45, 7) is 1.68. The van der Waals surface area contributed by atoms with Crippen LogP contribution in [0.3, 0.4) is 0 Å². The minimum atomic E-state index is -3.58. The molecule has 0 amide bonds. The maximum atomic E-state index is 11.0. The summed E-state index contributed by atoms with van der Waals surface area (Å²) in [6.07, 6.45) is 1.70. The van der Waals surface area contributed by atoms with E-state index >= 15 is 0 Å². The lowest BCUT2D eigenvalue weighted by atomic mass is 10.3. The van der Waals surface area contributed by atoms with Gasteiger partial charge in [-0.3, -0.25) is 0 Å². The first-order valence-electron chi connectivity index (χ1n) is 3.79. The van der Waals surface area contributed by atoms with Crippen molar-refractivity contribution in [3.63, 3.8) is 0 Å². The average molecular weight is 223 g/mol. The molecule has 0 aliphatic heterocycles. The van der Waals surface area contributed by atoms with Crippen LogP contribution in [0.4, 0.5) is 0 Å². The molecule has 7 heteroatoms. The highest BCUT2D eigenvalue weighted by atomic mass is 32.2. The molecule has 0 aromatic heterocycles. The number of carbonyl (C=O) groups is 1. The molecular formula is C7H13NO5S. The summed E-state index contributed by atoms with van der Waals surface area (Å²) in [6, 6.07) is 0. The van der Waals surface area contributed by atoms with Crippen LogP contribution in [0.2, 0.25) is 0 Å². The molecular weight excluding hydrogens is 210 g/mol.